The summed E-state index contributed by atoms with van der Waals surface area (Å²) < 4.78 is 12.1. The second kappa shape index (κ2) is 8.53. The minimum absolute atomic E-state index is 0.0165. The normalized spacial score (nSPS) is 11.5. The second-order valence-electron chi connectivity index (χ2n) is 5.89. The molecule has 0 aliphatic heterocycles. The molecule has 2 aromatic rings. The molecule has 0 aliphatic carbocycles. The Morgan fingerprint density at radius 1 is 1.29 bits per heavy atom. The number of furan rings is 1. The van der Waals surface area contributed by atoms with Crippen molar-refractivity contribution in [2.45, 2.75) is 33.8 Å². The predicted octanol–water partition coefficient (Wildman–Crippen LogP) is 4.05. The fourth-order valence-corrected chi connectivity index (χ4v) is 2.93. The van der Waals surface area contributed by atoms with E-state index in [0.29, 0.717) is 28.1 Å². The van der Waals surface area contributed by atoms with E-state index in [0.717, 1.165) is 25.0 Å². The minimum atomic E-state index is -0.120. The molecule has 24 heavy (non-hydrogen) atoms. The number of ether oxygens (including phenoxy) is 1. The molecule has 0 saturated carbocycles. The molecule has 5 nitrogen and oxygen atoms in total. The lowest BCUT2D eigenvalue weighted by atomic mass is 10.1. The number of amides is 1. The van der Waals surface area contributed by atoms with E-state index in [1.54, 1.807) is 12.1 Å². The molecular formula is C18H25BrN2O3. The Morgan fingerprint density at radius 2 is 2.00 bits per heavy atom. The molecule has 0 unspecified atom stereocenters. The molecule has 1 aromatic heterocycles. The van der Waals surface area contributed by atoms with Gasteiger partial charge in [0.1, 0.15) is 11.3 Å². The van der Waals surface area contributed by atoms with E-state index in [4.69, 9.17) is 9.15 Å². The molecule has 2 rings (SSSR count). The monoisotopic (exact) mass is 396 g/mol. The summed E-state index contributed by atoms with van der Waals surface area (Å²) in [5, 5.41) is 3.82. The average Bonchev–Trinajstić information content (AvgIpc) is 2.91. The van der Waals surface area contributed by atoms with Crippen molar-refractivity contribution in [1.82, 2.24) is 10.2 Å². The zero-order chi connectivity index (χ0) is 17.7. The third-order valence-electron chi connectivity index (χ3n) is 3.80. The Balaban J connectivity index is 2.17. The van der Waals surface area contributed by atoms with Crippen molar-refractivity contribution in [1.29, 1.82) is 0 Å². The van der Waals surface area contributed by atoms with Crippen molar-refractivity contribution >= 4 is 32.8 Å². The molecule has 1 amide bonds. The highest BCUT2D eigenvalue weighted by molar-refractivity contribution is 9.10. The van der Waals surface area contributed by atoms with Crippen LogP contribution in [0.5, 0.6) is 5.75 Å². The van der Waals surface area contributed by atoms with Crippen LogP contribution in [0, 0.1) is 0 Å². The summed E-state index contributed by atoms with van der Waals surface area (Å²) in [6.07, 6.45) is 0.0165. The molecule has 6 heteroatoms. The van der Waals surface area contributed by atoms with Crippen LogP contribution in [0.4, 0.5) is 0 Å². The molecule has 0 atom stereocenters. The Morgan fingerprint density at radius 3 is 2.62 bits per heavy atom. The van der Waals surface area contributed by atoms with Crippen LogP contribution in [0.15, 0.2) is 27.3 Å². The lowest BCUT2D eigenvalue weighted by Gasteiger charge is -2.18. The fraction of sp³-hybridized carbons (Fsp3) is 0.500. The van der Waals surface area contributed by atoms with Gasteiger partial charge in [-0.15, -0.1) is 0 Å². The van der Waals surface area contributed by atoms with Crippen LogP contribution < -0.4 is 10.1 Å². The van der Waals surface area contributed by atoms with E-state index in [2.05, 4.69) is 40.0 Å². The van der Waals surface area contributed by atoms with Crippen molar-refractivity contribution in [3.63, 3.8) is 0 Å². The van der Waals surface area contributed by atoms with E-state index in [9.17, 15) is 4.79 Å². The number of nitrogens with one attached hydrogen (secondary N) is 1. The van der Waals surface area contributed by atoms with Crippen LogP contribution in [0.25, 0.3) is 11.0 Å². The first kappa shape index (κ1) is 18.8. The summed E-state index contributed by atoms with van der Waals surface area (Å²) in [5.41, 5.74) is 1.17. The van der Waals surface area contributed by atoms with Crippen LogP contribution >= 0.6 is 15.9 Å². The molecular weight excluding hydrogens is 372 g/mol. The molecule has 0 fully saturated rings. The highest BCUT2D eigenvalue weighted by Gasteiger charge is 2.15. The standard InChI is InChI=1S/C18H25BrN2O3/c1-5-21(6-2)8-7-20-18(22)13-9-15(23-12(3)4)14-11-17(19)24-16(14)10-13/h9-12H,5-8H2,1-4H3,(H,20,22). The third-order valence-corrected chi connectivity index (χ3v) is 4.19. The average molecular weight is 397 g/mol. The van der Waals surface area contributed by atoms with Gasteiger partial charge in [-0.25, -0.2) is 0 Å². The first-order chi connectivity index (χ1) is 11.4. The number of benzene rings is 1. The quantitative estimate of drug-likeness (QED) is 0.730. The highest BCUT2D eigenvalue weighted by atomic mass is 79.9. The second-order valence-corrected chi connectivity index (χ2v) is 6.67. The Bertz CT molecular complexity index is 693. The number of fused-ring (bicyclic) bond motifs is 1. The van der Waals surface area contributed by atoms with Crippen molar-refractivity contribution in [2.75, 3.05) is 26.2 Å². The SMILES string of the molecule is CCN(CC)CCNC(=O)c1cc(OC(C)C)c2cc(Br)oc2c1. The van der Waals surface area contributed by atoms with Crippen molar-refractivity contribution in [3.8, 4) is 5.75 Å². The van der Waals surface area contributed by atoms with Gasteiger partial charge in [-0.2, -0.15) is 0 Å². The maximum Gasteiger partial charge on any atom is 0.251 e. The number of likely N-dealkylation sites (N-methyl/N-ethyl adjacent to an activating group) is 1. The largest absolute Gasteiger partial charge is 0.490 e. The first-order valence-corrected chi connectivity index (χ1v) is 9.14. The van der Waals surface area contributed by atoms with Crippen LogP contribution in [0.2, 0.25) is 0 Å². The summed E-state index contributed by atoms with van der Waals surface area (Å²) in [7, 11) is 0. The van der Waals surface area contributed by atoms with E-state index in [-0.39, 0.29) is 12.0 Å². The third kappa shape index (κ3) is 4.74. The molecule has 0 radical (unpaired) electrons. The van der Waals surface area contributed by atoms with Gasteiger partial charge in [0, 0.05) is 24.7 Å². The Kier molecular flexibility index (Phi) is 6.69. The highest BCUT2D eigenvalue weighted by Crippen LogP contribution is 2.33. The predicted molar refractivity (Wildman–Crippen MR) is 99.8 cm³/mol. The summed E-state index contributed by atoms with van der Waals surface area (Å²) in [5.74, 6) is 0.538. The Hall–Kier alpha value is -1.53. The molecule has 0 bridgehead atoms. The van der Waals surface area contributed by atoms with Crippen LogP contribution in [-0.4, -0.2) is 43.1 Å². The maximum absolute atomic E-state index is 12.5. The van der Waals surface area contributed by atoms with Gasteiger partial charge in [0.25, 0.3) is 5.91 Å². The number of halogens is 1. The van der Waals surface area contributed by atoms with E-state index < -0.39 is 0 Å². The van der Waals surface area contributed by atoms with E-state index >= 15 is 0 Å². The summed E-state index contributed by atoms with van der Waals surface area (Å²) in [6, 6.07) is 5.38. The van der Waals surface area contributed by atoms with Crippen molar-refractivity contribution < 1.29 is 13.9 Å². The van der Waals surface area contributed by atoms with Crippen LogP contribution in [-0.2, 0) is 0 Å². The first-order valence-electron chi connectivity index (χ1n) is 8.34. The van der Waals surface area contributed by atoms with Gasteiger partial charge in [-0.05, 0) is 55.0 Å². The molecule has 1 aromatic carbocycles. The number of rotatable bonds is 8. The lowest BCUT2D eigenvalue weighted by Crippen LogP contribution is -2.34. The minimum Gasteiger partial charge on any atom is -0.490 e. The van der Waals surface area contributed by atoms with Gasteiger partial charge in [-0.3, -0.25) is 4.79 Å². The summed E-state index contributed by atoms with van der Waals surface area (Å²) >= 11 is 3.33. The topological polar surface area (TPSA) is 54.7 Å². The van der Waals surface area contributed by atoms with E-state index in [1.165, 1.54) is 0 Å². The Labute approximate surface area is 151 Å². The van der Waals surface area contributed by atoms with Crippen molar-refractivity contribution in [3.05, 3.63) is 28.4 Å². The zero-order valence-electron chi connectivity index (χ0n) is 14.7. The van der Waals surface area contributed by atoms with Gasteiger partial charge < -0.3 is 19.4 Å². The van der Waals surface area contributed by atoms with Crippen LogP contribution in [0.3, 0.4) is 0 Å². The smallest absolute Gasteiger partial charge is 0.251 e. The molecule has 0 saturated heterocycles. The zero-order valence-corrected chi connectivity index (χ0v) is 16.3. The van der Waals surface area contributed by atoms with Crippen LogP contribution in [0.1, 0.15) is 38.1 Å². The van der Waals surface area contributed by atoms with Gasteiger partial charge in [0.2, 0.25) is 0 Å². The molecule has 1 N–H and O–H groups in total. The summed E-state index contributed by atoms with van der Waals surface area (Å²) in [6.45, 7) is 11.5. The summed E-state index contributed by atoms with van der Waals surface area (Å²) in [4.78, 5) is 14.7. The number of carbonyl (C=O) groups excluding carboxylic acids is 1. The number of hydrogen-bond acceptors (Lipinski definition) is 4. The number of carbonyl (C=O) groups is 1. The molecule has 0 spiro atoms. The maximum atomic E-state index is 12.5. The van der Waals surface area contributed by atoms with Crippen molar-refractivity contribution in [2.24, 2.45) is 0 Å². The molecule has 132 valence electrons. The van der Waals surface area contributed by atoms with Gasteiger partial charge in [-0.1, -0.05) is 13.8 Å². The lowest BCUT2D eigenvalue weighted by molar-refractivity contribution is 0.0948. The number of hydrogen-bond donors (Lipinski definition) is 1. The molecule has 1 heterocycles. The number of nitrogens with zero attached hydrogens (tertiary/aromatic N) is 1. The fourth-order valence-electron chi connectivity index (χ4n) is 2.53. The van der Waals surface area contributed by atoms with E-state index in [1.807, 2.05) is 19.9 Å². The van der Waals surface area contributed by atoms with Gasteiger partial charge >= 0.3 is 0 Å². The van der Waals surface area contributed by atoms with Gasteiger partial charge in [0.15, 0.2) is 4.67 Å². The van der Waals surface area contributed by atoms with Gasteiger partial charge in [0.05, 0.1) is 11.5 Å². The molecule has 0 aliphatic rings.